The van der Waals surface area contributed by atoms with Gasteiger partial charge in [-0.15, -0.1) is 17.8 Å². The molecule has 1 N–H and O–H groups in total. The number of aromatic nitrogens is 1. The molecule has 1 aromatic rings. The van der Waals surface area contributed by atoms with Crippen molar-refractivity contribution in [3.05, 3.63) is 11.6 Å². The number of anilines is 1. The molecule has 1 saturated heterocycles. The third-order valence-corrected chi connectivity index (χ3v) is 4.13. The first-order valence-corrected chi connectivity index (χ1v) is 7.20. The van der Waals surface area contributed by atoms with E-state index in [2.05, 4.69) is 26.0 Å². The third kappa shape index (κ3) is 3.46. The lowest BCUT2D eigenvalue weighted by atomic mass is 10.2. The van der Waals surface area contributed by atoms with Crippen LogP contribution in [0.15, 0.2) is 11.6 Å². The zero-order valence-corrected chi connectivity index (χ0v) is 11.8. The van der Waals surface area contributed by atoms with Gasteiger partial charge in [0.2, 0.25) is 5.91 Å². The van der Waals surface area contributed by atoms with E-state index in [9.17, 15) is 4.79 Å². The van der Waals surface area contributed by atoms with Crippen LogP contribution in [0.25, 0.3) is 0 Å². The fraction of sp³-hybridized carbons (Fsp3) is 0.538. The number of terminal acetylenes is 1. The minimum Gasteiger partial charge on any atom is -0.346 e. The smallest absolute Gasteiger partial charge is 0.237 e. The summed E-state index contributed by atoms with van der Waals surface area (Å²) in [4.78, 5) is 20.6. The summed E-state index contributed by atoms with van der Waals surface area (Å²) in [6.07, 6.45) is 6.96. The highest BCUT2D eigenvalue weighted by Crippen LogP contribution is 2.19. The summed E-state index contributed by atoms with van der Waals surface area (Å²) in [5.41, 5.74) is 0. The molecule has 5 nitrogen and oxygen atoms in total. The summed E-state index contributed by atoms with van der Waals surface area (Å²) >= 11 is 1.65. The quantitative estimate of drug-likeness (QED) is 0.810. The van der Waals surface area contributed by atoms with Crippen molar-refractivity contribution < 1.29 is 4.79 Å². The highest BCUT2D eigenvalue weighted by Gasteiger charge is 2.25. The average Bonchev–Trinajstić information content (AvgIpc) is 2.98. The minimum absolute atomic E-state index is 0.000601. The highest BCUT2D eigenvalue weighted by atomic mass is 32.1. The van der Waals surface area contributed by atoms with Gasteiger partial charge in [-0.05, 0) is 6.92 Å². The molecule has 0 aromatic carbocycles. The first kappa shape index (κ1) is 13.8. The van der Waals surface area contributed by atoms with Crippen LogP contribution in [0.2, 0.25) is 0 Å². The first-order chi connectivity index (χ1) is 9.22. The number of nitrogens with one attached hydrogen (secondary N) is 1. The monoisotopic (exact) mass is 278 g/mol. The van der Waals surface area contributed by atoms with Crippen LogP contribution in [0.3, 0.4) is 0 Å². The maximum absolute atomic E-state index is 11.8. The Bertz CT molecular complexity index is 446. The molecule has 0 saturated carbocycles. The molecule has 2 rings (SSSR count). The van der Waals surface area contributed by atoms with Crippen molar-refractivity contribution in [2.75, 3.05) is 37.6 Å². The van der Waals surface area contributed by atoms with Gasteiger partial charge in [-0.2, -0.15) is 0 Å². The normalized spacial score (nSPS) is 17.8. The summed E-state index contributed by atoms with van der Waals surface area (Å²) < 4.78 is 0. The van der Waals surface area contributed by atoms with Crippen molar-refractivity contribution in [3.63, 3.8) is 0 Å². The van der Waals surface area contributed by atoms with E-state index in [-0.39, 0.29) is 11.9 Å². The number of rotatable bonds is 4. The number of piperazine rings is 1. The van der Waals surface area contributed by atoms with Crippen LogP contribution < -0.4 is 10.2 Å². The Balaban J connectivity index is 1.82. The lowest BCUT2D eigenvalue weighted by Crippen LogP contribution is -2.54. The van der Waals surface area contributed by atoms with Crippen LogP contribution >= 0.6 is 11.3 Å². The van der Waals surface area contributed by atoms with Gasteiger partial charge in [0.1, 0.15) is 0 Å². The van der Waals surface area contributed by atoms with Crippen molar-refractivity contribution in [1.82, 2.24) is 15.2 Å². The molecule has 0 spiro atoms. The van der Waals surface area contributed by atoms with Gasteiger partial charge in [0.15, 0.2) is 5.13 Å². The van der Waals surface area contributed by atoms with Crippen LogP contribution in [0, 0.1) is 12.3 Å². The van der Waals surface area contributed by atoms with Crippen LogP contribution in [0.5, 0.6) is 0 Å². The highest BCUT2D eigenvalue weighted by molar-refractivity contribution is 7.13. The Morgan fingerprint density at radius 2 is 2.32 bits per heavy atom. The Morgan fingerprint density at radius 1 is 1.58 bits per heavy atom. The molecule has 1 amide bonds. The lowest BCUT2D eigenvalue weighted by molar-refractivity contribution is -0.125. The fourth-order valence-corrected chi connectivity index (χ4v) is 2.82. The first-order valence-electron chi connectivity index (χ1n) is 6.32. The zero-order chi connectivity index (χ0) is 13.7. The number of carbonyl (C=O) groups excluding carboxylic acids is 1. The predicted octanol–water partition coefficient (Wildman–Crippen LogP) is 0.403. The molecule has 0 radical (unpaired) electrons. The van der Waals surface area contributed by atoms with Gasteiger partial charge < -0.3 is 10.2 Å². The second-order valence-corrected chi connectivity index (χ2v) is 5.31. The molecule has 1 aliphatic rings. The molecule has 19 heavy (non-hydrogen) atoms. The van der Waals surface area contributed by atoms with Gasteiger partial charge in [0, 0.05) is 37.8 Å². The average molecular weight is 278 g/mol. The zero-order valence-electron chi connectivity index (χ0n) is 11.0. The topological polar surface area (TPSA) is 48.5 Å². The van der Waals surface area contributed by atoms with E-state index in [1.54, 1.807) is 11.3 Å². The Hall–Kier alpha value is -1.58. The molecule has 0 bridgehead atoms. The summed E-state index contributed by atoms with van der Waals surface area (Å²) in [5.74, 6) is 2.42. The third-order valence-electron chi connectivity index (χ3n) is 3.30. The number of hydrogen-bond donors (Lipinski definition) is 1. The van der Waals surface area contributed by atoms with Crippen molar-refractivity contribution in [1.29, 1.82) is 0 Å². The van der Waals surface area contributed by atoms with Crippen LogP contribution in [-0.2, 0) is 4.79 Å². The summed E-state index contributed by atoms with van der Waals surface area (Å²) in [6, 6.07) is -0.133. The summed E-state index contributed by atoms with van der Waals surface area (Å²) in [7, 11) is 0. The summed E-state index contributed by atoms with van der Waals surface area (Å²) in [6.45, 7) is 5.75. The van der Waals surface area contributed by atoms with Crippen molar-refractivity contribution in [3.8, 4) is 12.3 Å². The molecule has 1 aromatic heterocycles. The van der Waals surface area contributed by atoms with Crippen LogP contribution in [0.1, 0.15) is 6.92 Å². The molecule has 1 fully saturated rings. The number of amides is 1. The Labute approximate surface area is 117 Å². The maximum atomic E-state index is 11.8. The second-order valence-electron chi connectivity index (χ2n) is 4.44. The molecule has 2 heterocycles. The van der Waals surface area contributed by atoms with E-state index < -0.39 is 0 Å². The minimum atomic E-state index is -0.133. The van der Waals surface area contributed by atoms with Crippen LogP contribution in [-0.4, -0.2) is 54.6 Å². The molecule has 102 valence electrons. The van der Waals surface area contributed by atoms with Gasteiger partial charge in [-0.3, -0.25) is 9.69 Å². The van der Waals surface area contributed by atoms with Gasteiger partial charge in [0.05, 0.1) is 12.6 Å². The maximum Gasteiger partial charge on any atom is 0.237 e. The molecule has 6 heteroatoms. The van der Waals surface area contributed by atoms with Crippen molar-refractivity contribution in [2.24, 2.45) is 0 Å². The SMILES string of the molecule is C#CCNC(=O)C(C)N1CCN(c2nccs2)CC1. The predicted molar refractivity (Wildman–Crippen MR) is 77.2 cm³/mol. The van der Waals surface area contributed by atoms with Crippen molar-refractivity contribution >= 4 is 22.4 Å². The van der Waals surface area contributed by atoms with E-state index >= 15 is 0 Å². The Kier molecular flexibility index (Phi) is 4.77. The van der Waals surface area contributed by atoms with Gasteiger partial charge in [0.25, 0.3) is 0 Å². The molecular weight excluding hydrogens is 260 g/mol. The van der Waals surface area contributed by atoms with Gasteiger partial charge in [-0.1, -0.05) is 5.92 Å². The van der Waals surface area contributed by atoms with E-state index in [1.807, 2.05) is 18.5 Å². The molecule has 0 aliphatic carbocycles. The number of nitrogens with zero attached hydrogens (tertiary/aromatic N) is 3. The molecular formula is C13H18N4OS. The molecule has 1 atom stereocenters. The van der Waals surface area contributed by atoms with Gasteiger partial charge in [-0.25, -0.2) is 4.98 Å². The Morgan fingerprint density at radius 3 is 2.89 bits per heavy atom. The lowest BCUT2D eigenvalue weighted by Gasteiger charge is -2.37. The largest absolute Gasteiger partial charge is 0.346 e. The molecule has 1 unspecified atom stereocenters. The van der Waals surface area contributed by atoms with E-state index in [1.165, 1.54) is 0 Å². The van der Waals surface area contributed by atoms with Gasteiger partial charge >= 0.3 is 0 Å². The fourth-order valence-electron chi connectivity index (χ4n) is 2.12. The van der Waals surface area contributed by atoms with Crippen LogP contribution in [0.4, 0.5) is 5.13 Å². The summed E-state index contributed by atoms with van der Waals surface area (Å²) in [5, 5.41) is 5.77. The number of hydrogen-bond acceptors (Lipinski definition) is 5. The standard InChI is InChI=1S/C13H18N4OS/c1-3-4-14-12(18)11(2)16-6-8-17(9-7-16)13-15-5-10-19-13/h1,5,10-11H,4,6-9H2,2H3,(H,14,18). The van der Waals surface area contributed by atoms with E-state index in [0.29, 0.717) is 6.54 Å². The second kappa shape index (κ2) is 6.55. The molecule has 1 aliphatic heterocycles. The van der Waals surface area contributed by atoms with E-state index in [0.717, 1.165) is 31.3 Å². The number of carbonyl (C=O) groups is 1. The van der Waals surface area contributed by atoms with E-state index in [4.69, 9.17) is 6.42 Å². The van der Waals surface area contributed by atoms with Crippen molar-refractivity contribution in [2.45, 2.75) is 13.0 Å². The number of thiazole rings is 1.